The zero-order valence-corrected chi connectivity index (χ0v) is 12.8. The Morgan fingerprint density at radius 3 is 2.80 bits per heavy atom. The third-order valence-electron chi connectivity index (χ3n) is 2.85. The second kappa shape index (κ2) is 6.19. The van der Waals surface area contributed by atoms with E-state index in [1.807, 2.05) is 36.6 Å². The number of carbonyl (C=O) groups is 1. The Labute approximate surface area is 126 Å². The summed E-state index contributed by atoms with van der Waals surface area (Å²) in [6, 6.07) is 9.63. The van der Waals surface area contributed by atoms with Crippen molar-refractivity contribution in [3.63, 3.8) is 0 Å². The number of aromatic nitrogens is 1. The molecule has 0 aliphatic carbocycles. The summed E-state index contributed by atoms with van der Waals surface area (Å²) in [6.07, 6.45) is 1.95. The van der Waals surface area contributed by atoms with Crippen LogP contribution in [0.2, 0.25) is 0 Å². The maximum atomic E-state index is 10.8. The number of fused-ring (bicyclic) bond motifs is 1. The molecule has 1 aromatic carbocycles. The quantitative estimate of drug-likeness (QED) is 0.692. The third-order valence-corrected chi connectivity index (χ3v) is 4.01. The Bertz CT molecular complexity index is 673. The highest BCUT2D eigenvalue weighted by Crippen LogP contribution is 2.24. The van der Waals surface area contributed by atoms with Crippen LogP contribution >= 0.6 is 24.0 Å². The molecule has 0 atom stereocenters. The van der Waals surface area contributed by atoms with Crippen LogP contribution in [0.25, 0.3) is 10.9 Å². The van der Waals surface area contributed by atoms with Crippen molar-refractivity contribution in [1.82, 2.24) is 9.88 Å². The van der Waals surface area contributed by atoms with Crippen molar-refractivity contribution in [2.45, 2.75) is 5.03 Å². The molecule has 6 heteroatoms. The van der Waals surface area contributed by atoms with Gasteiger partial charge in [-0.25, -0.2) is 4.98 Å². The standard InChI is InChI=1S/C14H14N2O2S2/c1-16(8-13(17)18)14(19)10-7-12(20-2)15-11-6-4-3-5-9(10)11/h3-7H,8H2,1-2H3,(H,17,18). The van der Waals surface area contributed by atoms with E-state index in [0.717, 1.165) is 21.5 Å². The van der Waals surface area contributed by atoms with Gasteiger partial charge in [0.2, 0.25) is 0 Å². The van der Waals surface area contributed by atoms with Crippen LogP contribution in [0.1, 0.15) is 5.56 Å². The lowest BCUT2D eigenvalue weighted by Gasteiger charge is -2.19. The molecule has 0 radical (unpaired) electrons. The molecule has 2 aromatic rings. The zero-order chi connectivity index (χ0) is 14.7. The molecule has 1 heterocycles. The highest BCUT2D eigenvalue weighted by molar-refractivity contribution is 7.98. The topological polar surface area (TPSA) is 53.4 Å². The molecule has 0 fully saturated rings. The van der Waals surface area contributed by atoms with Crippen LogP contribution in [0.4, 0.5) is 0 Å². The predicted molar refractivity (Wildman–Crippen MR) is 85.5 cm³/mol. The first-order valence-corrected chi connectivity index (χ1v) is 7.57. The van der Waals surface area contributed by atoms with Crippen LogP contribution in [0, 0.1) is 0 Å². The fraction of sp³-hybridized carbons (Fsp3) is 0.214. The lowest BCUT2D eigenvalue weighted by atomic mass is 10.1. The van der Waals surface area contributed by atoms with Crippen molar-refractivity contribution >= 4 is 45.8 Å². The summed E-state index contributed by atoms with van der Waals surface area (Å²) in [4.78, 5) is 17.4. The van der Waals surface area contributed by atoms with E-state index in [-0.39, 0.29) is 6.54 Å². The SMILES string of the molecule is CSc1cc(C(=S)N(C)CC(=O)O)c2ccccc2n1. The van der Waals surface area contributed by atoms with Crippen LogP contribution in [-0.2, 0) is 4.79 Å². The van der Waals surface area contributed by atoms with Crippen LogP contribution in [0.5, 0.6) is 0 Å². The Kier molecular flexibility index (Phi) is 4.57. The van der Waals surface area contributed by atoms with Crippen molar-refractivity contribution in [3.05, 3.63) is 35.9 Å². The van der Waals surface area contributed by atoms with Gasteiger partial charge in [0.05, 0.1) is 10.5 Å². The molecule has 0 aliphatic heterocycles. The predicted octanol–water partition coefficient (Wildman–Crippen LogP) is 2.65. The van der Waals surface area contributed by atoms with Crippen LogP contribution < -0.4 is 0 Å². The molecular formula is C14H14N2O2S2. The molecule has 0 saturated heterocycles. The minimum atomic E-state index is -0.904. The summed E-state index contributed by atoms with van der Waals surface area (Å²) >= 11 is 6.96. The molecule has 104 valence electrons. The molecule has 0 amide bonds. The van der Waals surface area contributed by atoms with Crippen LogP contribution in [0.15, 0.2) is 35.4 Å². The number of hydrogen-bond donors (Lipinski definition) is 1. The highest BCUT2D eigenvalue weighted by Gasteiger charge is 2.15. The third kappa shape index (κ3) is 3.08. The van der Waals surface area contributed by atoms with Crippen LogP contribution in [0.3, 0.4) is 0 Å². The summed E-state index contributed by atoms with van der Waals surface area (Å²) in [6.45, 7) is -0.121. The number of pyridine rings is 1. The molecule has 1 N–H and O–H groups in total. The first-order chi connectivity index (χ1) is 9.52. The average Bonchev–Trinajstić information content (AvgIpc) is 2.44. The van der Waals surface area contributed by atoms with Gasteiger partial charge >= 0.3 is 5.97 Å². The van der Waals surface area contributed by atoms with Crippen LogP contribution in [-0.4, -0.2) is 45.8 Å². The number of carboxylic acid groups (broad SMARTS) is 1. The normalized spacial score (nSPS) is 10.5. The second-order valence-corrected chi connectivity index (χ2v) is 5.50. The number of thiocarbonyl (C=S) groups is 1. The van der Waals surface area contributed by atoms with Gasteiger partial charge in [-0.2, -0.15) is 0 Å². The number of hydrogen-bond acceptors (Lipinski definition) is 4. The number of rotatable bonds is 4. The van der Waals surface area contributed by atoms with Crippen molar-refractivity contribution in [2.24, 2.45) is 0 Å². The van der Waals surface area contributed by atoms with E-state index in [0.29, 0.717) is 4.99 Å². The lowest BCUT2D eigenvalue weighted by molar-refractivity contribution is -0.137. The van der Waals surface area contributed by atoms with E-state index in [1.54, 1.807) is 11.9 Å². The summed E-state index contributed by atoms with van der Waals surface area (Å²) in [5.74, 6) is -0.904. The summed E-state index contributed by atoms with van der Waals surface area (Å²) in [5.41, 5.74) is 1.71. The molecule has 1 aromatic heterocycles. The zero-order valence-electron chi connectivity index (χ0n) is 11.2. The molecule has 0 unspecified atom stereocenters. The molecule has 2 rings (SSSR count). The minimum Gasteiger partial charge on any atom is -0.480 e. The molecule has 0 aliphatic rings. The number of likely N-dealkylation sites (N-methyl/N-ethyl adjacent to an activating group) is 1. The number of para-hydroxylation sites is 1. The molecule has 0 bridgehead atoms. The van der Waals surface area contributed by atoms with Gasteiger partial charge in [0, 0.05) is 18.0 Å². The maximum Gasteiger partial charge on any atom is 0.323 e. The summed E-state index contributed by atoms with van der Waals surface area (Å²) in [5, 5.41) is 10.7. The summed E-state index contributed by atoms with van der Waals surface area (Å²) in [7, 11) is 1.68. The lowest BCUT2D eigenvalue weighted by Crippen LogP contribution is -2.31. The highest BCUT2D eigenvalue weighted by atomic mass is 32.2. The van der Waals surface area contributed by atoms with Gasteiger partial charge in [-0.15, -0.1) is 11.8 Å². The van der Waals surface area contributed by atoms with Gasteiger partial charge < -0.3 is 10.0 Å². The van der Waals surface area contributed by atoms with E-state index in [1.165, 1.54) is 11.8 Å². The van der Waals surface area contributed by atoms with Gasteiger partial charge in [0.1, 0.15) is 11.5 Å². The van der Waals surface area contributed by atoms with E-state index >= 15 is 0 Å². The largest absolute Gasteiger partial charge is 0.480 e. The first kappa shape index (κ1) is 14.7. The van der Waals surface area contributed by atoms with Gasteiger partial charge in [-0.3, -0.25) is 4.79 Å². The van der Waals surface area contributed by atoms with E-state index in [2.05, 4.69) is 4.98 Å². The van der Waals surface area contributed by atoms with E-state index < -0.39 is 5.97 Å². The monoisotopic (exact) mass is 306 g/mol. The van der Waals surface area contributed by atoms with Gasteiger partial charge in [-0.05, 0) is 18.4 Å². The Balaban J connectivity index is 2.51. The van der Waals surface area contributed by atoms with Gasteiger partial charge in [0.25, 0.3) is 0 Å². The number of nitrogens with zero attached hydrogens (tertiary/aromatic N) is 2. The van der Waals surface area contributed by atoms with Gasteiger partial charge in [0.15, 0.2) is 0 Å². The fourth-order valence-corrected chi connectivity index (χ4v) is 2.57. The molecule has 0 spiro atoms. The van der Waals surface area contributed by atoms with Crippen molar-refractivity contribution in [2.75, 3.05) is 19.8 Å². The Hall–Kier alpha value is -1.66. The van der Waals surface area contributed by atoms with E-state index in [9.17, 15) is 4.79 Å². The maximum absolute atomic E-state index is 10.8. The van der Waals surface area contributed by atoms with Crippen molar-refractivity contribution in [3.8, 4) is 0 Å². The fourth-order valence-electron chi connectivity index (χ4n) is 1.91. The average molecular weight is 306 g/mol. The first-order valence-electron chi connectivity index (χ1n) is 5.94. The summed E-state index contributed by atoms with van der Waals surface area (Å²) < 4.78 is 0. The number of aliphatic carboxylic acids is 1. The smallest absolute Gasteiger partial charge is 0.323 e. The Morgan fingerprint density at radius 1 is 1.45 bits per heavy atom. The number of benzene rings is 1. The van der Waals surface area contributed by atoms with E-state index in [4.69, 9.17) is 17.3 Å². The molecule has 0 saturated carbocycles. The Morgan fingerprint density at radius 2 is 2.15 bits per heavy atom. The minimum absolute atomic E-state index is 0.121. The number of thioether (sulfide) groups is 1. The molecule has 20 heavy (non-hydrogen) atoms. The van der Waals surface area contributed by atoms with Crippen molar-refractivity contribution < 1.29 is 9.90 Å². The second-order valence-electron chi connectivity index (χ2n) is 4.28. The molecular weight excluding hydrogens is 292 g/mol. The number of carboxylic acids is 1. The van der Waals surface area contributed by atoms with Gasteiger partial charge in [-0.1, -0.05) is 30.4 Å². The van der Waals surface area contributed by atoms with Crippen molar-refractivity contribution in [1.29, 1.82) is 0 Å². The molecule has 4 nitrogen and oxygen atoms in total.